The van der Waals surface area contributed by atoms with Gasteiger partial charge in [0.1, 0.15) is 5.82 Å². The van der Waals surface area contributed by atoms with E-state index in [1.54, 1.807) is 17.0 Å². The molecule has 6 nitrogen and oxygen atoms in total. The van der Waals surface area contributed by atoms with Crippen molar-refractivity contribution in [2.75, 3.05) is 38.5 Å². The summed E-state index contributed by atoms with van der Waals surface area (Å²) in [6.45, 7) is 2.40. The molecule has 25 heavy (non-hydrogen) atoms. The molecule has 1 aromatic rings. The second kappa shape index (κ2) is 10.9. The van der Waals surface area contributed by atoms with Crippen LogP contribution in [0.25, 0.3) is 0 Å². The van der Waals surface area contributed by atoms with E-state index in [0.717, 1.165) is 25.8 Å². The maximum atomic E-state index is 13.6. The standard InChI is InChI=1S/C17H25FN4O2.ClH/c1-19-9-5-10-20-16(23)13-6-4-11-22(12-13)17(24)21-15-8-3-2-7-14(15)18;/h2-3,7-8,13,19H,4-6,9-12H2,1H3,(H,20,23)(H,21,24);1H. The zero-order chi connectivity index (χ0) is 17.4. The van der Waals surface area contributed by atoms with E-state index in [1.807, 2.05) is 7.05 Å². The molecule has 0 saturated carbocycles. The third-order valence-electron chi connectivity index (χ3n) is 4.10. The van der Waals surface area contributed by atoms with Crippen molar-refractivity contribution in [1.29, 1.82) is 0 Å². The lowest BCUT2D eigenvalue weighted by molar-refractivity contribution is -0.126. The molecule has 140 valence electrons. The molecular weight excluding hydrogens is 347 g/mol. The van der Waals surface area contributed by atoms with Crippen LogP contribution in [-0.4, -0.2) is 50.1 Å². The fourth-order valence-electron chi connectivity index (χ4n) is 2.75. The van der Waals surface area contributed by atoms with Crippen LogP contribution in [0.3, 0.4) is 0 Å². The number of halogens is 2. The quantitative estimate of drug-likeness (QED) is 0.670. The average Bonchev–Trinajstić information content (AvgIpc) is 2.60. The molecule has 1 unspecified atom stereocenters. The van der Waals surface area contributed by atoms with Crippen LogP contribution in [0.4, 0.5) is 14.9 Å². The molecule has 1 heterocycles. The summed E-state index contributed by atoms with van der Waals surface area (Å²) in [5, 5.41) is 8.51. The van der Waals surface area contributed by atoms with E-state index < -0.39 is 5.82 Å². The summed E-state index contributed by atoms with van der Waals surface area (Å²) >= 11 is 0. The Morgan fingerprint density at radius 3 is 2.76 bits per heavy atom. The number of nitrogens with zero attached hydrogens (tertiary/aromatic N) is 1. The number of para-hydroxylation sites is 1. The third-order valence-corrected chi connectivity index (χ3v) is 4.10. The molecule has 3 amide bonds. The van der Waals surface area contributed by atoms with Gasteiger partial charge < -0.3 is 20.9 Å². The number of piperidine rings is 1. The minimum absolute atomic E-state index is 0. The van der Waals surface area contributed by atoms with Gasteiger partial charge in [0.05, 0.1) is 11.6 Å². The Morgan fingerprint density at radius 2 is 2.04 bits per heavy atom. The van der Waals surface area contributed by atoms with Crippen LogP contribution in [0.1, 0.15) is 19.3 Å². The molecule has 2 rings (SSSR count). The third kappa shape index (κ3) is 6.51. The van der Waals surface area contributed by atoms with E-state index in [1.165, 1.54) is 12.1 Å². The van der Waals surface area contributed by atoms with Gasteiger partial charge in [-0.25, -0.2) is 9.18 Å². The smallest absolute Gasteiger partial charge is 0.321 e. The molecule has 0 radical (unpaired) electrons. The first-order chi connectivity index (χ1) is 11.6. The average molecular weight is 373 g/mol. The topological polar surface area (TPSA) is 73.5 Å². The van der Waals surface area contributed by atoms with Gasteiger partial charge >= 0.3 is 6.03 Å². The van der Waals surface area contributed by atoms with Crippen molar-refractivity contribution in [2.45, 2.75) is 19.3 Å². The van der Waals surface area contributed by atoms with Crippen LogP contribution in [0, 0.1) is 11.7 Å². The molecule has 1 fully saturated rings. The Hall–Kier alpha value is -1.86. The summed E-state index contributed by atoms with van der Waals surface area (Å²) in [6, 6.07) is 5.68. The number of hydrogen-bond acceptors (Lipinski definition) is 3. The van der Waals surface area contributed by atoms with E-state index in [-0.39, 0.29) is 36.0 Å². The molecule has 1 saturated heterocycles. The van der Waals surface area contributed by atoms with Gasteiger partial charge in [-0.05, 0) is 45.0 Å². The highest BCUT2D eigenvalue weighted by Crippen LogP contribution is 2.19. The minimum atomic E-state index is -0.471. The lowest BCUT2D eigenvalue weighted by Crippen LogP contribution is -2.47. The number of anilines is 1. The normalized spacial score (nSPS) is 16.7. The lowest BCUT2D eigenvalue weighted by Gasteiger charge is -2.32. The number of nitrogens with one attached hydrogen (secondary N) is 3. The van der Waals surface area contributed by atoms with E-state index in [2.05, 4.69) is 16.0 Å². The number of likely N-dealkylation sites (tertiary alicyclic amines) is 1. The van der Waals surface area contributed by atoms with E-state index in [4.69, 9.17) is 0 Å². The summed E-state index contributed by atoms with van der Waals surface area (Å²) in [7, 11) is 1.87. The van der Waals surface area contributed by atoms with Gasteiger partial charge in [0.2, 0.25) is 5.91 Å². The molecule has 0 bridgehead atoms. The van der Waals surface area contributed by atoms with Gasteiger partial charge in [-0.15, -0.1) is 12.4 Å². The Balaban J connectivity index is 0.00000312. The van der Waals surface area contributed by atoms with Crippen molar-refractivity contribution in [3.63, 3.8) is 0 Å². The summed E-state index contributed by atoms with van der Waals surface area (Å²) in [4.78, 5) is 26.1. The maximum absolute atomic E-state index is 13.6. The molecule has 0 spiro atoms. The number of carbonyl (C=O) groups excluding carboxylic acids is 2. The number of hydrogen-bond donors (Lipinski definition) is 3. The van der Waals surface area contributed by atoms with Crippen LogP contribution >= 0.6 is 12.4 Å². The predicted molar refractivity (Wildman–Crippen MR) is 98.5 cm³/mol. The number of urea groups is 1. The van der Waals surface area contributed by atoms with Crippen LogP contribution in [0.2, 0.25) is 0 Å². The Labute approximate surface area is 153 Å². The first-order valence-corrected chi connectivity index (χ1v) is 8.34. The molecule has 0 aromatic heterocycles. The van der Waals surface area contributed by atoms with Crippen molar-refractivity contribution in [2.24, 2.45) is 5.92 Å². The van der Waals surface area contributed by atoms with Crippen molar-refractivity contribution >= 4 is 30.0 Å². The SMILES string of the molecule is CNCCCNC(=O)C1CCCN(C(=O)Nc2ccccc2F)C1.Cl. The monoisotopic (exact) mass is 372 g/mol. The van der Waals surface area contributed by atoms with Crippen LogP contribution < -0.4 is 16.0 Å². The lowest BCUT2D eigenvalue weighted by atomic mass is 9.97. The molecule has 1 aliphatic heterocycles. The summed E-state index contributed by atoms with van der Waals surface area (Å²) in [5.41, 5.74) is 0.154. The Bertz CT molecular complexity index is 573. The molecule has 1 atom stereocenters. The van der Waals surface area contributed by atoms with E-state index in [9.17, 15) is 14.0 Å². The van der Waals surface area contributed by atoms with Crippen LogP contribution in [0.15, 0.2) is 24.3 Å². The number of benzene rings is 1. The highest BCUT2D eigenvalue weighted by atomic mass is 35.5. The van der Waals surface area contributed by atoms with Crippen molar-refractivity contribution in [1.82, 2.24) is 15.5 Å². The fraction of sp³-hybridized carbons (Fsp3) is 0.529. The summed E-state index contributed by atoms with van der Waals surface area (Å²) < 4.78 is 13.6. The second-order valence-corrected chi connectivity index (χ2v) is 5.94. The molecule has 3 N–H and O–H groups in total. The minimum Gasteiger partial charge on any atom is -0.356 e. The number of amides is 3. The molecule has 0 aliphatic carbocycles. The highest BCUT2D eigenvalue weighted by Gasteiger charge is 2.28. The zero-order valence-electron chi connectivity index (χ0n) is 14.4. The van der Waals surface area contributed by atoms with Gasteiger partial charge in [0.25, 0.3) is 0 Å². The highest BCUT2D eigenvalue weighted by molar-refractivity contribution is 5.90. The molecular formula is C17H26ClFN4O2. The predicted octanol–water partition coefficient (Wildman–Crippen LogP) is 2.22. The van der Waals surface area contributed by atoms with Gasteiger partial charge in [0.15, 0.2) is 0 Å². The van der Waals surface area contributed by atoms with Crippen molar-refractivity contribution in [3.05, 3.63) is 30.1 Å². The molecule has 1 aromatic carbocycles. The Morgan fingerprint density at radius 1 is 1.28 bits per heavy atom. The Kier molecular flexibility index (Phi) is 9.23. The first-order valence-electron chi connectivity index (χ1n) is 8.34. The fourth-order valence-corrected chi connectivity index (χ4v) is 2.75. The van der Waals surface area contributed by atoms with Gasteiger partial charge in [-0.3, -0.25) is 4.79 Å². The van der Waals surface area contributed by atoms with E-state index in [0.29, 0.717) is 19.6 Å². The second-order valence-electron chi connectivity index (χ2n) is 5.94. The molecule has 1 aliphatic rings. The van der Waals surface area contributed by atoms with Gasteiger partial charge in [-0.2, -0.15) is 0 Å². The van der Waals surface area contributed by atoms with Gasteiger partial charge in [0, 0.05) is 19.6 Å². The zero-order valence-corrected chi connectivity index (χ0v) is 15.2. The first kappa shape index (κ1) is 21.2. The molecule has 8 heteroatoms. The van der Waals surface area contributed by atoms with Crippen molar-refractivity contribution in [3.8, 4) is 0 Å². The number of carbonyl (C=O) groups is 2. The number of rotatable bonds is 6. The van der Waals surface area contributed by atoms with Crippen molar-refractivity contribution < 1.29 is 14.0 Å². The summed E-state index contributed by atoms with van der Waals surface area (Å²) in [5.74, 6) is -0.698. The maximum Gasteiger partial charge on any atom is 0.321 e. The summed E-state index contributed by atoms with van der Waals surface area (Å²) in [6.07, 6.45) is 2.40. The van der Waals surface area contributed by atoms with E-state index >= 15 is 0 Å². The van der Waals surface area contributed by atoms with Crippen LogP contribution in [-0.2, 0) is 4.79 Å². The largest absolute Gasteiger partial charge is 0.356 e. The van der Waals surface area contributed by atoms with Crippen LogP contribution in [0.5, 0.6) is 0 Å². The van der Waals surface area contributed by atoms with Gasteiger partial charge in [-0.1, -0.05) is 12.1 Å².